The lowest BCUT2D eigenvalue weighted by Gasteiger charge is -2.33. The van der Waals surface area contributed by atoms with Crippen molar-refractivity contribution in [1.29, 1.82) is 0 Å². The molecule has 1 amide bonds. The first-order valence-corrected chi connectivity index (χ1v) is 9.53. The number of pyridine rings is 2. The molecular formula is C18H15BrF3N5O2. The zero-order valence-electron chi connectivity index (χ0n) is 15.2. The Morgan fingerprint density at radius 1 is 1.17 bits per heavy atom. The van der Waals surface area contributed by atoms with Crippen LogP contribution in [0.15, 0.2) is 33.4 Å². The summed E-state index contributed by atoms with van der Waals surface area (Å²) in [4.78, 5) is 28.4. The number of fused-ring (bicyclic) bond motifs is 1. The molecule has 29 heavy (non-hydrogen) atoms. The summed E-state index contributed by atoms with van der Waals surface area (Å²) < 4.78 is 44.6. The molecule has 11 heteroatoms. The monoisotopic (exact) mass is 469 g/mol. The van der Waals surface area contributed by atoms with Crippen molar-refractivity contribution in [2.45, 2.75) is 13.1 Å². The Bertz CT molecular complexity index is 1080. The van der Waals surface area contributed by atoms with Crippen LogP contribution in [0.1, 0.15) is 21.6 Å². The number of carbonyl (C=O) groups is 1. The average molecular weight is 470 g/mol. The predicted molar refractivity (Wildman–Crippen MR) is 102 cm³/mol. The number of amides is 1. The lowest BCUT2D eigenvalue weighted by molar-refractivity contribution is -0.138. The zero-order valence-corrected chi connectivity index (χ0v) is 16.8. The van der Waals surface area contributed by atoms with Crippen LogP contribution in [0.5, 0.6) is 0 Å². The van der Waals surface area contributed by atoms with E-state index in [0.29, 0.717) is 43.4 Å². The molecule has 1 fully saturated rings. The standard InChI is InChI=1S/C18H15BrF3N5O2/c1-10-2-3-13-15(24-10)25-17(29-13)27-6-4-26(5-7-27)16(28)11-8-12(18(20,21)22)14(19)23-9-11/h2-3,8-9H,4-7H2,1H3. The average Bonchev–Trinajstić information content (AvgIpc) is 3.10. The van der Waals surface area contributed by atoms with Crippen LogP contribution in [0.3, 0.4) is 0 Å². The molecule has 0 aliphatic carbocycles. The fourth-order valence-corrected chi connectivity index (χ4v) is 3.53. The van der Waals surface area contributed by atoms with Crippen molar-refractivity contribution in [3.05, 3.63) is 45.8 Å². The maximum absolute atomic E-state index is 13.1. The van der Waals surface area contributed by atoms with Gasteiger partial charge in [-0.2, -0.15) is 18.2 Å². The Labute approximate surface area is 171 Å². The maximum Gasteiger partial charge on any atom is 0.419 e. The Balaban J connectivity index is 1.47. The highest BCUT2D eigenvalue weighted by Crippen LogP contribution is 2.34. The van der Waals surface area contributed by atoms with Gasteiger partial charge in [-0.3, -0.25) is 4.79 Å². The van der Waals surface area contributed by atoms with Crippen LogP contribution in [0.25, 0.3) is 11.2 Å². The van der Waals surface area contributed by atoms with Crippen LogP contribution in [0.4, 0.5) is 19.2 Å². The highest BCUT2D eigenvalue weighted by atomic mass is 79.9. The highest BCUT2D eigenvalue weighted by Gasteiger charge is 2.35. The number of carbonyl (C=O) groups excluding carboxylic acids is 1. The number of hydrogen-bond donors (Lipinski definition) is 0. The molecule has 3 aromatic rings. The van der Waals surface area contributed by atoms with Gasteiger partial charge in [-0.05, 0) is 41.1 Å². The van der Waals surface area contributed by atoms with Gasteiger partial charge < -0.3 is 14.2 Å². The molecule has 0 saturated carbocycles. The number of aryl methyl sites for hydroxylation is 1. The van der Waals surface area contributed by atoms with E-state index in [1.807, 2.05) is 17.9 Å². The van der Waals surface area contributed by atoms with Crippen LogP contribution in [0.2, 0.25) is 0 Å². The summed E-state index contributed by atoms with van der Waals surface area (Å²) >= 11 is 2.78. The van der Waals surface area contributed by atoms with Gasteiger partial charge in [0.25, 0.3) is 11.9 Å². The Kier molecular flexibility index (Phi) is 4.93. The van der Waals surface area contributed by atoms with E-state index in [2.05, 4.69) is 30.9 Å². The topological polar surface area (TPSA) is 75.4 Å². The van der Waals surface area contributed by atoms with Crippen molar-refractivity contribution in [3.8, 4) is 0 Å². The van der Waals surface area contributed by atoms with E-state index in [-0.39, 0.29) is 10.2 Å². The molecule has 4 rings (SSSR count). The number of oxazole rings is 1. The van der Waals surface area contributed by atoms with E-state index < -0.39 is 17.6 Å². The van der Waals surface area contributed by atoms with Gasteiger partial charge in [0.15, 0.2) is 5.58 Å². The number of aromatic nitrogens is 3. The first-order chi connectivity index (χ1) is 13.7. The third kappa shape index (κ3) is 3.91. The molecular weight excluding hydrogens is 455 g/mol. The maximum atomic E-state index is 13.1. The van der Waals surface area contributed by atoms with Crippen molar-refractivity contribution in [2.24, 2.45) is 0 Å². The molecule has 0 atom stereocenters. The molecule has 0 unspecified atom stereocenters. The molecule has 1 aliphatic heterocycles. The summed E-state index contributed by atoms with van der Waals surface area (Å²) in [5.41, 5.74) is 0.838. The normalized spacial score (nSPS) is 15.2. The van der Waals surface area contributed by atoms with E-state index >= 15 is 0 Å². The summed E-state index contributed by atoms with van der Waals surface area (Å²) in [6.45, 7) is 3.38. The van der Waals surface area contributed by atoms with Gasteiger partial charge in [0.1, 0.15) is 4.60 Å². The number of hydrogen-bond acceptors (Lipinski definition) is 6. The number of nitrogens with zero attached hydrogens (tertiary/aromatic N) is 5. The first kappa shape index (κ1) is 19.6. The fraction of sp³-hybridized carbons (Fsp3) is 0.333. The van der Waals surface area contributed by atoms with Crippen molar-refractivity contribution < 1.29 is 22.4 Å². The van der Waals surface area contributed by atoms with E-state index in [4.69, 9.17) is 4.42 Å². The van der Waals surface area contributed by atoms with Gasteiger partial charge in [-0.25, -0.2) is 9.97 Å². The zero-order chi connectivity index (χ0) is 20.8. The smallest absolute Gasteiger partial charge is 0.419 e. The van der Waals surface area contributed by atoms with E-state index in [0.717, 1.165) is 18.0 Å². The second-order valence-electron chi connectivity index (χ2n) is 6.61. The number of anilines is 1. The van der Waals surface area contributed by atoms with Crippen LogP contribution in [-0.2, 0) is 6.18 Å². The molecule has 1 aliphatic rings. The molecule has 0 bridgehead atoms. The van der Waals surface area contributed by atoms with Crippen LogP contribution < -0.4 is 4.90 Å². The SMILES string of the molecule is Cc1ccc2oc(N3CCN(C(=O)c4cnc(Br)c(C(F)(F)F)c4)CC3)nc2n1. The van der Waals surface area contributed by atoms with Crippen molar-refractivity contribution in [1.82, 2.24) is 19.9 Å². The van der Waals surface area contributed by atoms with Gasteiger partial charge in [0, 0.05) is 38.1 Å². The van der Waals surface area contributed by atoms with E-state index in [9.17, 15) is 18.0 Å². The Morgan fingerprint density at radius 2 is 1.90 bits per heavy atom. The molecule has 0 spiro atoms. The lowest BCUT2D eigenvalue weighted by Crippen LogP contribution is -2.49. The fourth-order valence-electron chi connectivity index (χ4n) is 3.08. The second kappa shape index (κ2) is 7.29. The van der Waals surface area contributed by atoms with Gasteiger partial charge in [0.2, 0.25) is 5.65 Å². The summed E-state index contributed by atoms with van der Waals surface area (Å²) in [7, 11) is 0. The third-order valence-electron chi connectivity index (χ3n) is 4.61. The summed E-state index contributed by atoms with van der Waals surface area (Å²) in [5.74, 6) is -0.495. The molecule has 1 saturated heterocycles. The van der Waals surface area contributed by atoms with Crippen molar-refractivity contribution in [2.75, 3.05) is 31.1 Å². The van der Waals surface area contributed by atoms with Crippen LogP contribution in [0, 0.1) is 6.92 Å². The number of rotatable bonds is 2. The quantitative estimate of drug-likeness (QED) is 0.533. The van der Waals surface area contributed by atoms with Gasteiger partial charge in [0.05, 0.1) is 11.1 Å². The predicted octanol–water partition coefficient (Wildman–Crippen LogP) is 3.67. The minimum atomic E-state index is -4.60. The third-order valence-corrected chi connectivity index (χ3v) is 5.24. The molecule has 4 heterocycles. The van der Waals surface area contributed by atoms with Crippen LogP contribution in [-0.4, -0.2) is 51.9 Å². The molecule has 152 valence electrons. The number of halogens is 4. The second-order valence-corrected chi connectivity index (χ2v) is 7.36. The van der Waals surface area contributed by atoms with Gasteiger partial charge >= 0.3 is 6.18 Å². The summed E-state index contributed by atoms with van der Waals surface area (Å²) in [6, 6.07) is 4.86. The van der Waals surface area contributed by atoms with E-state index in [1.165, 1.54) is 4.90 Å². The molecule has 7 nitrogen and oxygen atoms in total. The molecule has 0 aromatic carbocycles. The molecule has 0 N–H and O–H groups in total. The Morgan fingerprint density at radius 3 is 2.59 bits per heavy atom. The molecule has 0 radical (unpaired) electrons. The summed E-state index contributed by atoms with van der Waals surface area (Å²) in [6.07, 6.45) is -3.46. The number of alkyl halides is 3. The van der Waals surface area contributed by atoms with Crippen LogP contribution >= 0.6 is 15.9 Å². The minimum Gasteiger partial charge on any atom is -0.422 e. The highest BCUT2D eigenvalue weighted by molar-refractivity contribution is 9.10. The lowest BCUT2D eigenvalue weighted by atomic mass is 10.1. The van der Waals surface area contributed by atoms with Gasteiger partial charge in [-0.1, -0.05) is 0 Å². The first-order valence-electron chi connectivity index (χ1n) is 8.73. The molecule has 3 aromatic heterocycles. The van der Waals surface area contributed by atoms with E-state index in [1.54, 1.807) is 6.07 Å². The van der Waals surface area contributed by atoms with Gasteiger partial charge in [-0.15, -0.1) is 0 Å². The largest absolute Gasteiger partial charge is 0.422 e. The van der Waals surface area contributed by atoms with Crippen molar-refractivity contribution >= 4 is 39.1 Å². The summed E-state index contributed by atoms with van der Waals surface area (Å²) in [5, 5.41) is 0. The number of piperazine rings is 1. The Hall–Kier alpha value is -2.69. The minimum absolute atomic E-state index is 0.101. The van der Waals surface area contributed by atoms with Crippen molar-refractivity contribution in [3.63, 3.8) is 0 Å².